The molecular formula is C14H23N3O2. The molecule has 1 atom stereocenters. The van der Waals surface area contributed by atoms with Crippen molar-refractivity contribution in [2.75, 3.05) is 6.61 Å². The topological polar surface area (TPSA) is 57.0 Å². The van der Waals surface area contributed by atoms with Crippen molar-refractivity contribution in [3.8, 4) is 0 Å². The van der Waals surface area contributed by atoms with Gasteiger partial charge in [-0.25, -0.2) is 4.98 Å². The Bertz CT molecular complexity index is 436. The largest absolute Gasteiger partial charge is 0.465 e. The van der Waals surface area contributed by atoms with E-state index in [1.54, 1.807) is 4.68 Å². The van der Waals surface area contributed by atoms with E-state index in [2.05, 4.69) is 10.1 Å². The molecule has 0 saturated heterocycles. The van der Waals surface area contributed by atoms with Gasteiger partial charge in [-0.2, -0.15) is 5.10 Å². The Morgan fingerprint density at radius 1 is 1.42 bits per heavy atom. The van der Waals surface area contributed by atoms with Crippen molar-refractivity contribution < 1.29 is 9.53 Å². The maximum Gasteiger partial charge on any atom is 0.316 e. The monoisotopic (exact) mass is 265 g/mol. The zero-order valence-electron chi connectivity index (χ0n) is 12.1. The van der Waals surface area contributed by atoms with Crippen molar-refractivity contribution in [3.63, 3.8) is 0 Å². The van der Waals surface area contributed by atoms with E-state index >= 15 is 0 Å². The maximum atomic E-state index is 12.0. The molecule has 19 heavy (non-hydrogen) atoms. The van der Waals surface area contributed by atoms with E-state index < -0.39 is 0 Å². The minimum absolute atomic E-state index is 0.196. The van der Waals surface area contributed by atoms with E-state index in [4.69, 9.17) is 4.74 Å². The van der Waals surface area contributed by atoms with Gasteiger partial charge in [0.1, 0.15) is 11.7 Å². The summed E-state index contributed by atoms with van der Waals surface area (Å²) in [6.07, 6.45) is 5.54. The van der Waals surface area contributed by atoms with Crippen molar-refractivity contribution >= 4 is 5.97 Å². The lowest BCUT2D eigenvalue weighted by atomic mass is 10.1. The molecule has 1 aliphatic carbocycles. The van der Waals surface area contributed by atoms with Crippen molar-refractivity contribution in [2.45, 2.75) is 57.8 Å². The van der Waals surface area contributed by atoms with Gasteiger partial charge in [-0.05, 0) is 26.2 Å². The molecule has 1 saturated carbocycles. The molecule has 1 aliphatic rings. The van der Waals surface area contributed by atoms with Crippen LogP contribution in [0.1, 0.15) is 69.4 Å². The normalized spacial score (nSPS) is 17.6. The molecule has 5 heteroatoms. The van der Waals surface area contributed by atoms with Crippen molar-refractivity contribution in [3.05, 3.63) is 11.6 Å². The first-order chi connectivity index (χ1) is 9.17. The molecule has 106 valence electrons. The van der Waals surface area contributed by atoms with E-state index in [9.17, 15) is 4.79 Å². The Labute approximate surface area is 114 Å². The molecule has 1 heterocycles. The zero-order chi connectivity index (χ0) is 13.8. The van der Waals surface area contributed by atoms with Gasteiger partial charge in [-0.1, -0.05) is 19.8 Å². The summed E-state index contributed by atoms with van der Waals surface area (Å²) in [5, 5.41) is 4.50. The van der Waals surface area contributed by atoms with Gasteiger partial charge in [-0.3, -0.25) is 9.48 Å². The number of carbonyl (C=O) groups is 1. The predicted octanol–water partition coefficient (Wildman–Crippen LogP) is 2.53. The predicted molar refractivity (Wildman–Crippen MR) is 71.9 cm³/mol. The van der Waals surface area contributed by atoms with Crippen LogP contribution in [-0.4, -0.2) is 27.3 Å². The summed E-state index contributed by atoms with van der Waals surface area (Å²) in [5.41, 5.74) is 0. The fourth-order valence-electron chi connectivity index (χ4n) is 2.77. The lowest BCUT2D eigenvalue weighted by Crippen LogP contribution is -2.19. The third kappa shape index (κ3) is 2.96. The molecule has 0 spiro atoms. The third-order valence-corrected chi connectivity index (χ3v) is 3.82. The van der Waals surface area contributed by atoms with Gasteiger partial charge in [0.05, 0.1) is 6.61 Å². The van der Waals surface area contributed by atoms with E-state index in [1.807, 2.05) is 20.9 Å². The summed E-state index contributed by atoms with van der Waals surface area (Å²) in [7, 11) is 1.86. The molecular weight excluding hydrogens is 242 g/mol. The summed E-state index contributed by atoms with van der Waals surface area (Å²) >= 11 is 0. The van der Waals surface area contributed by atoms with Crippen LogP contribution in [0, 0.1) is 0 Å². The van der Waals surface area contributed by atoms with Crippen LogP contribution in [0.15, 0.2) is 0 Å². The second-order valence-electron chi connectivity index (χ2n) is 5.15. The first kappa shape index (κ1) is 14.0. The van der Waals surface area contributed by atoms with Gasteiger partial charge in [0.2, 0.25) is 0 Å². The summed E-state index contributed by atoms with van der Waals surface area (Å²) in [6.45, 7) is 4.21. The van der Waals surface area contributed by atoms with Gasteiger partial charge >= 0.3 is 5.97 Å². The summed E-state index contributed by atoms with van der Waals surface area (Å²) in [4.78, 5) is 16.6. The third-order valence-electron chi connectivity index (χ3n) is 3.82. The van der Waals surface area contributed by atoms with Gasteiger partial charge in [0, 0.05) is 13.0 Å². The van der Waals surface area contributed by atoms with Gasteiger partial charge in [-0.15, -0.1) is 0 Å². The summed E-state index contributed by atoms with van der Waals surface area (Å²) in [5.74, 6) is 1.62. The number of nitrogens with zero attached hydrogens (tertiary/aromatic N) is 3. The molecule has 2 rings (SSSR count). The molecule has 0 N–H and O–H groups in total. The second-order valence-corrected chi connectivity index (χ2v) is 5.15. The molecule has 1 unspecified atom stereocenters. The minimum Gasteiger partial charge on any atom is -0.465 e. The summed E-state index contributed by atoms with van der Waals surface area (Å²) in [6, 6.07) is 0. The number of ether oxygens (including phenoxy) is 1. The van der Waals surface area contributed by atoms with Crippen LogP contribution in [-0.2, 0) is 16.6 Å². The molecule has 1 aromatic heterocycles. The number of carbonyl (C=O) groups excluding carboxylic acids is 1. The highest BCUT2D eigenvalue weighted by Crippen LogP contribution is 2.33. The van der Waals surface area contributed by atoms with Crippen LogP contribution < -0.4 is 0 Å². The molecule has 0 aliphatic heterocycles. The molecule has 5 nitrogen and oxygen atoms in total. The van der Waals surface area contributed by atoms with Gasteiger partial charge in [0.15, 0.2) is 5.82 Å². The lowest BCUT2D eigenvalue weighted by molar-refractivity contribution is -0.145. The average molecular weight is 265 g/mol. The highest BCUT2D eigenvalue weighted by atomic mass is 16.5. The molecule has 0 bridgehead atoms. The summed E-state index contributed by atoms with van der Waals surface area (Å²) < 4.78 is 6.87. The highest BCUT2D eigenvalue weighted by molar-refractivity contribution is 5.77. The van der Waals surface area contributed by atoms with Crippen LogP contribution in [0.2, 0.25) is 0 Å². The number of esters is 1. The smallest absolute Gasteiger partial charge is 0.316 e. The van der Waals surface area contributed by atoms with Crippen LogP contribution in [0.4, 0.5) is 0 Å². The quantitative estimate of drug-likeness (QED) is 0.768. The van der Waals surface area contributed by atoms with Crippen molar-refractivity contribution in [1.29, 1.82) is 0 Å². The number of aryl methyl sites for hydroxylation is 1. The van der Waals surface area contributed by atoms with Crippen LogP contribution in [0.5, 0.6) is 0 Å². The molecule has 0 radical (unpaired) electrons. The van der Waals surface area contributed by atoms with Crippen LogP contribution in [0.25, 0.3) is 0 Å². The Kier molecular flexibility index (Phi) is 4.56. The Morgan fingerprint density at radius 3 is 2.68 bits per heavy atom. The average Bonchev–Trinajstić information content (AvgIpc) is 3.01. The maximum absolute atomic E-state index is 12.0. The number of hydrogen-bond acceptors (Lipinski definition) is 4. The Morgan fingerprint density at radius 2 is 2.11 bits per heavy atom. The second kappa shape index (κ2) is 6.17. The zero-order valence-corrected chi connectivity index (χ0v) is 12.1. The fourth-order valence-corrected chi connectivity index (χ4v) is 2.77. The highest BCUT2D eigenvalue weighted by Gasteiger charge is 2.28. The molecule has 1 fully saturated rings. The number of rotatable bonds is 5. The van der Waals surface area contributed by atoms with E-state index in [0.29, 0.717) is 18.9 Å². The molecule has 0 aromatic carbocycles. The first-order valence-electron chi connectivity index (χ1n) is 7.24. The van der Waals surface area contributed by atoms with Gasteiger partial charge < -0.3 is 4.74 Å². The number of aromatic nitrogens is 3. The molecule has 1 aromatic rings. The minimum atomic E-state index is -0.299. The van der Waals surface area contributed by atoms with Crippen molar-refractivity contribution in [1.82, 2.24) is 14.8 Å². The molecule has 0 amide bonds. The SMILES string of the molecule is CCOC(=O)C(CC)c1nc(C2CCCC2)nn1C. The van der Waals surface area contributed by atoms with Crippen LogP contribution >= 0.6 is 0 Å². The fraction of sp³-hybridized carbons (Fsp3) is 0.786. The standard InChI is InChI=1S/C14H23N3O2/c1-4-11(14(18)19-5-2)13-15-12(16-17(13)3)10-8-6-7-9-10/h10-11H,4-9H2,1-3H3. The number of hydrogen-bond donors (Lipinski definition) is 0. The van der Waals surface area contributed by atoms with E-state index in [0.717, 1.165) is 11.6 Å². The van der Waals surface area contributed by atoms with Gasteiger partial charge in [0.25, 0.3) is 0 Å². The Hall–Kier alpha value is -1.39. The lowest BCUT2D eigenvalue weighted by Gasteiger charge is -2.12. The van der Waals surface area contributed by atoms with Crippen LogP contribution in [0.3, 0.4) is 0 Å². The van der Waals surface area contributed by atoms with E-state index in [-0.39, 0.29) is 11.9 Å². The first-order valence-corrected chi connectivity index (χ1v) is 7.24. The van der Waals surface area contributed by atoms with E-state index in [1.165, 1.54) is 25.7 Å². The Balaban J connectivity index is 2.20. The van der Waals surface area contributed by atoms with Crippen molar-refractivity contribution in [2.24, 2.45) is 7.05 Å².